The van der Waals surface area contributed by atoms with Gasteiger partial charge in [-0.25, -0.2) is 0 Å². The van der Waals surface area contributed by atoms with Crippen molar-refractivity contribution in [2.24, 2.45) is 0 Å². The van der Waals surface area contributed by atoms with E-state index in [1.807, 2.05) is 13.0 Å². The molecule has 0 atom stereocenters. The number of nitrogens with one attached hydrogen (secondary N) is 1. The number of nitro groups is 1. The number of anilines is 1. The van der Waals surface area contributed by atoms with Gasteiger partial charge in [0, 0.05) is 57.1 Å². The quantitative estimate of drug-likeness (QED) is 0.643. The van der Waals surface area contributed by atoms with Crippen molar-refractivity contribution in [3.8, 4) is 0 Å². The molecule has 0 radical (unpaired) electrons. The van der Waals surface area contributed by atoms with Crippen LogP contribution in [0.15, 0.2) is 18.2 Å². The largest absolute Gasteiger partial charge is 0.385 e. The van der Waals surface area contributed by atoms with E-state index in [-0.39, 0.29) is 10.6 Å². The van der Waals surface area contributed by atoms with Crippen molar-refractivity contribution < 1.29 is 4.92 Å². The maximum Gasteiger partial charge on any atom is 0.269 e. The van der Waals surface area contributed by atoms with Crippen LogP contribution in [-0.2, 0) is 6.54 Å². The van der Waals surface area contributed by atoms with E-state index < -0.39 is 0 Å². The molecule has 116 valence electrons. The fourth-order valence-electron chi connectivity index (χ4n) is 2.69. The Morgan fingerprint density at radius 1 is 1.19 bits per heavy atom. The van der Waals surface area contributed by atoms with Crippen molar-refractivity contribution in [1.29, 1.82) is 0 Å². The van der Waals surface area contributed by atoms with Crippen molar-refractivity contribution >= 4 is 11.4 Å². The standard InChI is InChI=1S/C15H24N4O2/c1-3-16-15-6-5-14(19(20)21)11-13(15)12-18-9-7-17(4-2)8-10-18/h5-6,11,16H,3-4,7-10,12H2,1-2H3. The van der Waals surface area contributed by atoms with E-state index in [4.69, 9.17) is 0 Å². The SMILES string of the molecule is CCNc1ccc([N+](=O)[O-])cc1CN1CCN(CC)CC1. The van der Waals surface area contributed by atoms with Crippen LogP contribution in [-0.4, -0.2) is 54.0 Å². The Kier molecular flexibility index (Phi) is 5.52. The molecule has 1 aliphatic rings. The molecule has 1 N–H and O–H groups in total. The number of nitrogens with zero attached hydrogens (tertiary/aromatic N) is 3. The Labute approximate surface area is 125 Å². The lowest BCUT2D eigenvalue weighted by atomic mass is 10.1. The second kappa shape index (κ2) is 7.38. The van der Waals surface area contributed by atoms with Gasteiger partial charge in [-0.1, -0.05) is 6.92 Å². The fourth-order valence-corrected chi connectivity index (χ4v) is 2.69. The molecule has 21 heavy (non-hydrogen) atoms. The molecule has 6 nitrogen and oxygen atoms in total. The third kappa shape index (κ3) is 4.15. The van der Waals surface area contributed by atoms with Gasteiger partial charge in [0.15, 0.2) is 0 Å². The Morgan fingerprint density at radius 3 is 2.43 bits per heavy atom. The van der Waals surface area contributed by atoms with Gasteiger partial charge < -0.3 is 10.2 Å². The molecule has 0 unspecified atom stereocenters. The molecular weight excluding hydrogens is 268 g/mol. The third-order valence-electron chi connectivity index (χ3n) is 3.97. The molecule has 0 amide bonds. The number of hydrogen-bond donors (Lipinski definition) is 1. The van der Waals surface area contributed by atoms with E-state index in [0.29, 0.717) is 0 Å². The average molecular weight is 292 g/mol. The summed E-state index contributed by atoms with van der Waals surface area (Å²) >= 11 is 0. The maximum absolute atomic E-state index is 11.0. The normalized spacial score (nSPS) is 16.9. The summed E-state index contributed by atoms with van der Waals surface area (Å²) in [7, 11) is 0. The monoisotopic (exact) mass is 292 g/mol. The average Bonchev–Trinajstić information content (AvgIpc) is 2.50. The highest BCUT2D eigenvalue weighted by Gasteiger charge is 2.18. The molecule has 1 aliphatic heterocycles. The van der Waals surface area contributed by atoms with Crippen LogP contribution in [0.2, 0.25) is 0 Å². The van der Waals surface area contributed by atoms with Crippen molar-refractivity contribution in [2.75, 3.05) is 44.6 Å². The summed E-state index contributed by atoms with van der Waals surface area (Å²) in [6.45, 7) is 11.1. The van der Waals surface area contributed by atoms with E-state index in [1.165, 1.54) is 0 Å². The molecule has 0 saturated carbocycles. The van der Waals surface area contributed by atoms with E-state index >= 15 is 0 Å². The highest BCUT2D eigenvalue weighted by Crippen LogP contribution is 2.24. The summed E-state index contributed by atoms with van der Waals surface area (Å²) in [5, 5.41) is 14.3. The zero-order valence-electron chi connectivity index (χ0n) is 12.8. The maximum atomic E-state index is 11.0. The van der Waals surface area contributed by atoms with Crippen LogP contribution in [0.1, 0.15) is 19.4 Å². The highest BCUT2D eigenvalue weighted by molar-refractivity contribution is 5.56. The van der Waals surface area contributed by atoms with Gasteiger partial charge in [0.2, 0.25) is 0 Å². The van der Waals surface area contributed by atoms with E-state index in [9.17, 15) is 10.1 Å². The zero-order valence-corrected chi connectivity index (χ0v) is 12.8. The van der Waals surface area contributed by atoms with Gasteiger partial charge in [-0.2, -0.15) is 0 Å². The van der Waals surface area contributed by atoms with E-state index in [1.54, 1.807) is 12.1 Å². The molecule has 1 aromatic carbocycles. The van der Waals surface area contributed by atoms with Crippen molar-refractivity contribution in [3.05, 3.63) is 33.9 Å². The van der Waals surface area contributed by atoms with Crippen LogP contribution >= 0.6 is 0 Å². The number of likely N-dealkylation sites (N-methyl/N-ethyl adjacent to an activating group) is 1. The molecular formula is C15H24N4O2. The lowest BCUT2D eigenvalue weighted by molar-refractivity contribution is -0.384. The molecule has 0 aliphatic carbocycles. The fraction of sp³-hybridized carbons (Fsp3) is 0.600. The lowest BCUT2D eigenvalue weighted by Gasteiger charge is -2.34. The van der Waals surface area contributed by atoms with Crippen molar-refractivity contribution in [1.82, 2.24) is 9.80 Å². The number of nitro benzene ring substituents is 1. The van der Waals surface area contributed by atoms with Crippen LogP contribution in [0.3, 0.4) is 0 Å². The summed E-state index contributed by atoms with van der Waals surface area (Å²) in [5.74, 6) is 0. The van der Waals surface area contributed by atoms with Gasteiger partial charge in [-0.15, -0.1) is 0 Å². The van der Waals surface area contributed by atoms with Gasteiger partial charge in [0.05, 0.1) is 4.92 Å². The van der Waals surface area contributed by atoms with Gasteiger partial charge in [-0.3, -0.25) is 15.0 Å². The molecule has 0 bridgehead atoms. The minimum Gasteiger partial charge on any atom is -0.385 e. The van der Waals surface area contributed by atoms with Crippen LogP contribution in [0.25, 0.3) is 0 Å². The van der Waals surface area contributed by atoms with E-state index in [0.717, 1.165) is 57.1 Å². The summed E-state index contributed by atoms with van der Waals surface area (Å²) in [6.07, 6.45) is 0. The summed E-state index contributed by atoms with van der Waals surface area (Å²) in [4.78, 5) is 15.4. The Hall–Kier alpha value is -1.66. The smallest absolute Gasteiger partial charge is 0.269 e. The third-order valence-corrected chi connectivity index (χ3v) is 3.97. The van der Waals surface area contributed by atoms with Crippen LogP contribution in [0.4, 0.5) is 11.4 Å². The van der Waals surface area contributed by atoms with Gasteiger partial charge in [-0.05, 0) is 25.1 Å². The molecule has 0 spiro atoms. The number of rotatable bonds is 6. The number of benzene rings is 1. The summed E-state index contributed by atoms with van der Waals surface area (Å²) < 4.78 is 0. The van der Waals surface area contributed by atoms with Crippen LogP contribution in [0, 0.1) is 10.1 Å². The first kappa shape index (κ1) is 15.7. The molecule has 2 rings (SSSR count). The second-order valence-electron chi connectivity index (χ2n) is 5.34. The lowest BCUT2D eigenvalue weighted by Crippen LogP contribution is -2.45. The number of hydrogen-bond acceptors (Lipinski definition) is 5. The molecule has 0 aromatic heterocycles. The minimum atomic E-state index is -0.325. The summed E-state index contributed by atoms with van der Waals surface area (Å²) in [6, 6.07) is 5.08. The topological polar surface area (TPSA) is 61.7 Å². The Bertz CT molecular complexity index is 485. The van der Waals surface area contributed by atoms with Gasteiger partial charge >= 0.3 is 0 Å². The van der Waals surface area contributed by atoms with Gasteiger partial charge in [0.1, 0.15) is 0 Å². The predicted molar refractivity (Wildman–Crippen MR) is 84.7 cm³/mol. The molecule has 1 fully saturated rings. The van der Waals surface area contributed by atoms with Gasteiger partial charge in [0.25, 0.3) is 5.69 Å². The first-order valence-electron chi connectivity index (χ1n) is 7.60. The Morgan fingerprint density at radius 2 is 1.86 bits per heavy atom. The number of piperazine rings is 1. The van der Waals surface area contributed by atoms with Crippen molar-refractivity contribution in [3.63, 3.8) is 0 Å². The minimum absolute atomic E-state index is 0.166. The van der Waals surface area contributed by atoms with Crippen LogP contribution in [0.5, 0.6) is 0 Å². The van der Waals surface area contributed by atoms with Crippen molar-refractivity contribution in [2.45, 2.75) is 20.4 Å². The number of non-ortho nitro benzene ring substituents is 1. The summed E-state index contributed by atoms with van der Waals surface area (Å²) in [5.41, 5.74) is 2.18. The first-order chi connectivity index (χ1) is 10.1. The molecule has 1 saturated heterocycles. The highest BCUT2D eigenvalue weighted by atomic mass is 16.6. The second-order valence-corrected chi connectivity index (χ2v) is 5.34. The molecule has 1 heterocycles. The van der Waals surface area contributed by atoms with Crippen LogP contribution < -0.4 is 5.32 Å². The molecule has 1 aromatic rings. The first-order valence-corrected chi connectivity index (χ1v) is 7.60. The zero-order chi connectivity index (χ0) is 15.2. The predicted octanol–water partition coefficient (Wildman–Crippen LogP) is 2.16. The molecule has 6 heteroatoms. The Balaban J connectivity index is 2.09. The van der Waals surface area contributed by atoms with E-state index in [2.05, 4.69) is 22.0 Å².